The highest BCUT2D eigenvalue weighted by molar-refractivity contribution is 7.92. The van der Waals surface area contributed by atoms with Crippen molar-refractivity contribution in [1.82, 2.24) is 14.7 Å². The van der Waals surface area contributed by atoms with Crippen molar-refractivity contribution in [2.75, 3.05) is 4.72 Å². The summed E-state index contributed by atoms with van der Waals surface area (Å²) in [4.78, 5) is 16.5. The Morgan fingerprint density at radius 2 is 1.81 bits per heavy atom. The normalized spacial score (nSPS) is 11.9. The first-order chi connectivity index (χ1) is 14.7. The van der Waals surface area contributed by atoms with E-state index in [0.29, 0.717) is 29.3 Å². The number of aryl methyl sites for hydroxylation is 4. The maximum absolute atomic E-state index is 13.0. The maximum Gasteiger partial charge on any atom is 0.420 e. The number of nitrogens with zero attached hydrogens (tertiary/aromatic N) is 3. The van der Waals surface area contributed by atoms with Crippen LogP contribution in [0.1, 0.15) is 35.3 Å². The molecule has 162 valence electrons. The van der Waals surface area contributed by atoms with Crippen LogP contribution in [0.4, 0.5) is 5.69 Å². The lowest BCUT2D eigenvalue weighted by molar-refractivity contribution is 0.375. The van der Waals surface area contributed by atoms with Crippen LogP contribution in [-0.2, 0) is 23.0 Å². The van der Waals surface area contributed by atoms with Gasteiger partial charge in [0.1, 0.15) is 0 Å². The van der Waals surface area contributed by atoms with Gasteiger partial charge < -0.3 is 8.94 Å². The molecule has 9 nitrogen and oxygen atoms in total. The van der Waals surface area contributed by atoms with Gasteiger partial charge in [0.15, 0.2) is 11.4 Å². The topological polar surface area (TPSA) is 120 Å². The van der Waals surface area contributed by atoms with E-state index in [2.05, 4.69) is 14.9 Å². The van der Waals surface area contributed by atoms with Gasteiger partial charge in [-0.15, -0.1) is 0 Å². The smallest absolute Gasteiger partial charge is 0.408 e. The molecule has 0 unspecified atom stereocenters. The minimum Gasteiger partial charge on any atom is -0.408 e. The van der Waals surface area contributed by atoms with Crippen molar-refractivity contribution >= 4 is 26.8 Å². The molecule has 0 bridgehead atoms. The van der Waals surface area contributed by atoms with Gasteiger partial charge in [0.05, 0.1) is 22.6 Å². The zero-order valence-electron chi connectivity index (χ0n) is 17.6. The van der Waals surface area contributed by atoms with Crippen molar-refractivity contribution in [1.29, 1.82) is 0 Å². The minimum absolute atomic E-state index is 0.00638. The summed E-state index contributed by atoms with van der Waals surface area (Å²) < 4.78 is 40.3. The van der Waals surface area contributed by atoms with Crippen molar-refractivity contribution in [3.63, 3.8) is 0 Å². The number of nitrogens with one attached hydrogen (secondary N) is 1. The Hall–Kier alpha value is -3.40. The van der Waals surface area contributed by atoms with Crippen LogP contribution in [0.3, 0.4) is 0 Å². The molecule has 0 aliphatic carbocycles. The van der Waals surface area contributed by atoms with E-state index in [0.717, 1.165) is 16.7 Å². The van der Waals surface area contributed by atoms with Gasteiger partial charge in [-0.2, -0.15) is 4.98 Å². The van der Waals surface area contributed by atoms with E-state index in [1.54, 1.807) is 0 Å². The van der Waals surface area contributed by atoms with E-state index in [4.69, 9.17) is 8.94 Å². The molecule has 2 heterocycles. The molecule has 2 aromatic carbocycles. The highest BCUT2D eigenvalue weighted by Crippen LogP contribution is 2.26. The fourth-order valence-corrected chi connectivity index (χ4v) is 4.76. The van der Waals surface area contributed by atoms with Crippen LogP contribution >= 0.6 is 0 Å². The Bertz CT molecular complexity index is 1420. The number of fused-ring (bicyclic) bond motifs is 1. The summed E-state index contributed by atoms with van der Waals surface area (Å²) in [5.74, 6) is 0.174. The zero-order chi connectivity index (χ0) is 22.3. The molecule has 10 heteroatoms. The average molecular weight is 442 g/mol. The van der Waals surface area contributed by atoms with Gasteiger partial charge in [-0.25, -0.2) is 13.2 Å². The molecule has 4 aromatic rings. The lowest BCUT2D eigenvalue weighted by Gasteiger charge is -2.14. The molecule has 0 amide bonds. The van der Waals surface area contributed by atoms with Gasteiger partial charge in [-0.3, -0.25) is 9.29 Å². The quantitative estimate of drug-likeness (QED) is 0.486. The van der Waals surface area contributed by atoms with E-state index in [-0.39, 0.29) is 17.0 Å². The van der Waals surface area contributed by atoms with Crippen LogP contribution in [0.15, 0.2) is 49.0 Å². The molecule has 0 aliphatic heterocycles. The second kappa shape index (κ2) is 7.69. The molecule has 0 spiro atoms. The summed E-state index contributed by atoms with van der Waals surface area (Å²) in [7, 11) is -3.89. The lowest BCUT2D eigenvalue weighted by atomic mass is 10.1. The third kappa shape index (κ3) is 3.98. The zero-order valence-corrected chi connectivity index (χ0v) is 18.4. The van der Waals surface area contributed by atoms with E-state index in [1.165, 1.54) is 22.8 Å². The molecular weight excluding hydrogens is 420 g/mol. The van der Waals surface area contributed by atoms with E-state index in [1.807, 2.05) is 39.8 Å². The summed E-state index contributed by atoms with van der Waals surface area (Å²) in [5, 5.41) is 3.84. The number of rotatable bonds is 6. The Labute approximate surface area is 178 Å². The second-order valence-electron chi connectivity index (χ2n) is 7.42. The molecule has 0 saturated carbocycles. The number of aromatic nitrogens is 3. The first-order valence-corrected chi connectivity index (χ1v) is 11.2. The largest absolute Gasteiger partial charge is 0.420 e. The Morgan fingerprint density at radius 1 is 1.10 bits per heavy atom. The molecule has 2 aromatic heterocycles. The van der Waals surface area contributed by atoms with Gasteiger partial charge in [0, 0.05) is 12.5 Å². The van der Waals surface area contributed by atoms with Crippen molar-refractivity contribution in [2.24, 2.45) is 0 Å². The first-order valence-electron chi connectivity index (χ1n) is 9.73. The maximum atomic E-state index is 13.0. The number of hydrogen-bond donors (Lipinski definition) is 1. The summed E-state index contributed by atoms with van der Waals surface area (Å²) in [6.07, 6.45) is 0.586. The molecule has 0 fully saturated rings. The number of oxazole rings is 1. The van der Waals surface area contributed by atoms with Crippen molar-refractivity contribution < 1.29 is 17.4 Å². The van der Waals surface area contributed by atoms with Crippen LogP contribution in [0.2, 0.25) is 0 Å². The first kappa shape index (κ1) is 20.9. The third-order valence-corrected chi connectivity index (χ3v) is 6.32. The summed E-state index contributed by atoms with van der Waals surface area (Å²) in [6.45, 7) is 7.59. The van der Waals surface area contributed by atoms with Gasteiger partial charge in [-0.05, 0) is 44.0 Å². The highest BCUT2D eigenvalue weighted by atomic mass is 32.2. The van der Waals surface area contributed by atoms with E-state index >= 15 is 0 Å². The second-order valence-corrected chi connectivity index (χ2v) is 9.10. The number of anilines is 1. The Kier molecular flexibility index (Phi) is 5.18. The predicted molar refractivity (Wildman–Crippen MR) is 115 cm³/mol. The van der Waals surface area contributed by atoms with Gasteiger partial charge in [0.25, 0.3) is 10.0 Å². The molecular formula is C21H22N4O5S. The van der Waals surface area contributed by atoms with Crippen molar-refractivity contribution in [2.45, 2.75) is 45.6 Å². The lowest BCUT2D eigenvalue weighted by Crippen LogP contribution is -2.16. The number of hydrogen-bond acceptors (Lipinski definition) is 7. The SMILES string of the molecule is CCc1nc(Cn2c(=O)oc3cc(S(=O)(=O)Nc4c(C)cc(C)cc4C)ccc32)no1. The molecule has 0 atom stereocenters. The number of benzene rings is 2. The van der Waals surface area contributed by atoms with Crippen molar-refractivity contribution in [3.05, 3.63) is 69.3 Å². The van der Waals surface area contributed by atoms with Gasteiger partial charge >= 0.3 is 5.76 Å². The average Bonchev–Trinajstić information content (AvgIpc) is 3.29. The predicted octanol–water partition coefficient (Wildman–Crippen LogP) is 3.31. The molecule has 31 heavy (non-hydrogen) atoms. The molecule has 1 N–H and O–H groups in total. The monoisotopic (exact) mass is 442 g/mol. The third-order valence-electron chi connectivity index (χ3n) is 4.98. The summed E-state index contributed by atoms with van der Waals surface area (Å²) in [5.41, 5.74) is 3.83. The van der Waals surface area contributed by atoms with Gasteiger partial charge in [-0.1, -0.05) is 29.8 Å². The molecule has 0 aliphatic rings. The van der Waals surface area contributed by atoms with Crippen molar-refractivity contribution in [3.8, 4) is 0 Å². The van der Waals surface area contributed by atoms with Crippen LogP contribution in [0.5, 0.6) is 0 Å². The highest BCUT2D eigenvalue weighted by Gasteiger charge is 2.20. The van der Waals surface area contributed by atoms with E-state index < -0.39 is 15.8 Å². The standard InChI is InChI=1S/C21H22N4O5S/c1-5-19-22-18(23-30-19)11-25-16-7-6-15(10-17(16)29-21(25)26)31(27,28)24-20-13(3)8-12(2)9-14(20)4/h6-10,24H,5,11H2,1-4H3. The molecule has 4 rings (SSSR count). The van der Waals surface area contributed by atoms with Gasteiger partial charge in [0.2, 0.25) is 5.89 Å². The fourth-order valence-electron chi connectivity index (χ4n) is 3.54. The van der Waals surface area contributed by atoms with E-state index in [9.17, 15) is 13.2 Å². The number of sulfonamides is 1. The fraction of sp³-hybridized carbons (Fsp3) is 0.286. The minimum atomic E-state index is -3.89. The molecule has 0 saturated heterocycles. The van der Waals surface area contributed by atoms with Crippen LogP contribution in [0.25, 0.3) is 11.1 Å². The molecule has 0 radical (unpaired) electrons. The summed E-state index contributed by atoms with van der Waals surface area (Å²) in [6, 6.07) is 8.12. The Balaban J connectivity index is 1.69. The van der Waals surface area contributed by atoms with Crippen LogP contribution in [0, 0.1) is 20.8 Å². The Morgan fingerprint density at radius 3 is 2.45 bits per heavy atom. The summed E-state index contributed by atoms with van der Waals surface area (Å²) >= 11 is 0. The van der Waals surface area contributed by atoms with Crippen LogP contribution in [-0.4, -0.2) is 23.1 Å². The van der Waals surface area contributed by atoms with Crippen LogP contribution < -0.4 is 10.5 Å².